The highest BCUT2D eigenvalue weighted by Crippen LogP contribution is 2.55. The number of likely N-dealkylation sites (tertiary alicyclic amines) is 1. The fourth-order valence-corrected chi connectivity index (χ4v) is 11.3. The van der Waals surface area contributed by atoms with Crippen molar-refractivity contribution in [2.75, 3.05) is 42.5 Å². The van der Waals surface area contributed by atoms with E-state index in [9.17, 15) is 24.4 Å². The van der Waals surface area contributed by atoms with Crippen molar-refractivity contribution in [2.45, 2.75) is 90.1 Å². The van der Waals surface area contributed by atoms with Crippen molar-refractivity contribution in [3.05, 3.63) is 93.4 Å². The molecule has 5 heterocycles. The normalized spacial score (nSPS) is 26.1. The van der Waals surface area contributed by atoms with Crippen molar-refractivity contribution in [2.24, 2.45) is 16.7 Å². The molecule has 1 aliphatic carbocycles. The van der Waals surface area contributed by atoms with Crippen molar-refractivity contribution < 1.29 is 19.1 Å². The van der Waals surface area contributed by atoms with E-state index in [0.717, 1.165) is 68.7 Å². The summed E-state index contributed by atoms with van der Waals surface area (Å²) >= 11 is 6.26. The number of benzene rings is 3. The molecule has 4 saturated heterocycles. The first kappa shape index (κ1) is 40.0. The van der Waals surface area contributed by atoms with Crippen LogP contribution in [0.4, 0.5) is 11.4 Å². The first-order valence-electron chi connectivity index (χ1n) is 21.1. The second kappa shape index (κ2) is 15.2. The Kier molecular flexibility index (Phi) is 10.1. The Morgan fingerprint density at radius 1 is 0.950 bits per heavy atom. The molecule has 5 aliphatic rings. The molecule has 2 unspecified atom stereocenters. The minimum absolute atomic E-state index is 0.0984. The third-order valence-electron chi connectivity index (χ3n) is 14.0. The largest absolute Gasteiger partial charge is 0.489 e. The summed E-state index contributed by atoms with van der Waals surface area (Å²) in [5, 5.41) is 20.8. The summed E-state index contributed by atoms with van der Waals surface area (Å²) in [6.45, 7) is 13.5. The van der Waals surface area contributed by atoms with Crippen molar-refractivity contribution in [1.29, 1.82) is 5.26 Å². The topological polar surface area (TPSA) is 153 Å². The number of nitrogens with zero attached hydrogens (tertiary/aromatic N) is 6. The average Bonchev–Trinajstić information content (AvgIpc) is 3.84. The highest BCUT2D eigenvalue weighted by molar-refractivity contribution is 6.31. The van der Waals surface area contributed by atoms with Gasteiger partial charge in [0.15, 0.2) is 0 Å². The van der Waals surface area contributed by atoms with Gasteiger partial charge in [-0.05, 0) is 86.2 Å². The molecule has 3 atom stereocenters. The van der Waals surface area contributed by atoms with Gasteiger partial charge in [-0.1, -0.05) is 39.3 Å². The lowest BCUT2D eigenvalue weighted by molar-refractivity contribution is -0.164. The summed E-state index contributed by atoms with van der Waals surface area (Å²) < 4.78 is 7.61. The minimum atomic E-state index is -0.779. The van der Waals surface area contributed by atoms with Crippen LogP contribution in [-0.4, -0.2) is 89.4 Å². The molecule has 3 amide bonds. The van der Waals surface area contributed by atoms with E-state index in [0.29, 0.717) is 45.3 Å². The predicted octanol–water partition coefficient (Wildman–Crippen LogP) is 5.69. The van der Waals surface area contributed by atoms with Gasteiger partial charge >= 0.3 is 0 Å². The molecule has 1 saturated carbocycles. The standard InChI is InChI=1S/C46H51ClN8O5/c1-45(2)43(46(3,4)44(45)60-35-11-7-29(22-48)37(47)21-35)51-40(57)28-5-8-31(9-6-28)52-17-15-27(16-18-52)24-53-25-34-20-33(53)26-54(34)32-10-12-36-30(19-32)23-49-55(42(36)59)38-13-14-39(56)50-41(38)58/h5-12,19,21,23,27,33-34,38,43-44H,13-18,20,24-26H2,1-4H3,(H,51,57)(H,50,56,58)/t33?,34?,38-,43-,44-/m1/s1. The number of hydrogen-bond donors (Lipinski definition) is 2. The number of hydrogen-bond acceptors (Lipinski definition) is 10. The van der Waals surface area contributed by atoms with Crippen LogP contribution < -0.4 is 30.7 Å². The number of imide groups is 1. The van der Waals surface area contributed by atoms with E-state index in [4.69, 9.17) is 16.3 Å². The van der Waals surface area contributed by atoms with Crippen LogP contribution in [0.3, 0.4) is 0 Å². The van der Waals surface area contributed by atoms with Gasteiger partial charge in [0.1, 0.15) is 24.0 Å². The summed E-state index contributed by atoms with van der Waals surface area (Å²) in [5.41, 5.74) is 2.27. The van der Waals surface area contributed by atoms with E-state index in [1.54, 1.807) is 24.4 Å². The third kappa shape index (κ3) is 7.07. The second-order valence-electron chi connectivity index (χ2n) is 18.6. The van der Waals surface area contributed by atoms with Crippen LogP contribution in [0.1, 0.15) is 81.8 Å². The Bertz CT molecular complexity index is 2460. The number of piperidine rings is 2. The molecular weight excluding hydrogens is 780 g/mol. The van der Waals surface area contributed by atoms with E-state index in [-0.39, 0.29) is 53.2 Å². The van der Waals surface area contributed by atoms with E-state index >= 15 is 0 Å². The lowest BCUT2D eigenvalue weighted by atomic mass is 9.49. The molecule has 60 heavy (non-hydrogen) atoms. The quantitative estimate of drug-likeness (QED) is 0.201. The number of piperazine rings is 1. The van der Waals surface area contributed by atoms with Gasteiger partial charge in [0.2, 0.25) is 5.91 Å². The van der Waals surface area contributed by atoms with Crippen LogP contribution in [0.25, 0.3) is 10.8 Å². The van der Waals surface area contributed by atoms with Crippen molar-refractivity contribution in [3.8, 4) is 11.8 Å². The lowest BCUT2D eigenvalue weighted by Crippen LogP contribution is -2.74. The number of nitriles is 1. The molecule has 5 fully saturated rings. The molecule has 1 aromatic heterocycles. The Hall–Kier alpha value is -5.45. The second-order valence-corrected chi connectivity index (χ2v) is 19.0. The zero-order chi connectivity index (χ0) is 42.1. The number of fused-ring (bicyclic) bond motifs is 3. The van der Waals surface area contributed by atoms with E-state index in [1.165, 1.54) is 4.68 Å². The first-order valence-corrected chi connectivity index (χ1v) is 21.5. The number of ether oxygens (including phenoxy) is 1. The van der Waals surface area contributed by atoms with Crippen molar-refractivity contribution in [1.82, 2.24) is 25.3 Å². The summed E-state index contributed by atoms with van der Waals surface area (Å²) in [6, 6.07) is 21.1. The molecule has 13 nitrogen and oxygen atoms in total. The maximum Gasteiger partial charge on any atom is 0.275 e. The summed E-state index contributed by atoms with van der Waals surface area (Å²) in [6.07, 6.45) is 5.31. The van der Waals surface area contributed by atoms with Gasteiger partial charge in [0.25, 0.3) is 17.4 Å². The van der Waals surface area contributed by atoms with Gasteiger partial charge in [-0.2, -0.15) is 10.4 Å². The van der Waals surface area contributed by atoms with Gasteiger partial charge in [0, 0.05) is 96.5 Å². The Morgan fingerprint density at radius 2 is 1.68 bits per heavy atom. The summed E-state index contributed by atoms with van der Waals surface area (Å²) in [7, 11) is 0. The van der Waals surface area contributed by atoms with Crippen molar-refractivity contribution >= 4 is 51.5 Å². The zero-order valence-corrected chi connectivity index (χ0v) is 35.2. The summed E-state index contributed by atoms with van der Waals surface area (Å²) in [5.74, 6) is 0.334. The SMILES string of the molecule is CC1(C)[C@H](NC(=O)c2ccc(N3CCC(CN4CC5CC4CN5c4ccc5c(=O)n([C@@H]6CCC(=O)NC6=O)ncc5c4)CC3)cc2)C(C)(C)[C@H]1Oc1ccc(C#N)c(Cl)c1. The van der Waals surface area contributed by atoms with Crippen LogP contribution in [-0.2, 0) is 9.59 Å². The number of rotatable bonds is 9. The molecule has 2 bridgehead atoms. The van der Waals surface area contributed by atoms with E-state index in [1.807, 2.05) is 30.3 Å². The predicted molar refractivity (Wildman–Crippen MR) is 229 cm³/mol. The maximum atomic E-state index is 13.5. The number of nitrogens with one attached hydrogen (secondary N) is 2. The highest BCUT2D eigenvalue weighted by Gasteiger charge is 2.64. The van der Waals surface area contributed by atoms with Crippen LogP contribution >= 0.6 is 11.6 Å². The van der Waals surface area contributed by atoms with Gasteiger partial charge < -0.3 is 19.9 Å². The number of anilines is 2. The van der Waals surface area contributed by atoms with Crippen molar-refractivity contribution in [3.63, 3.8) is 0 Å². The molecule has 14 heteroatoms. The molecule has 9 rings (SSSR count). The molecule has 312 valence electrons. The van der Waals surface area contributed by atoms with Crippen LogP contribution in [0, 0.1) is 28.1 Å². The lowest BCUT2D eigenvalue weighted by Gasteiger charge is -2.63. The zero-order valence-electron chi connectivity index (χ0n) is 34.5. The molecule has 2 N–H and O–H groups in total. The van der Waals surface area contributed by atoms with Gasteiger partial charge in [0.05, 0.1) is 22.2 Å². The Labute approximate surface area is 354 Å². The highest BCUT2D eigenvalue weighted by atomic mass is 35.5. The molecule has 0 spiro atoms. The number of halogens is 1. The van der Waals surface area contributed by atoms with Crippen LogP contribution in [0.5, 0.6) is 5.75 Å². The molecule has 3 aromatic carbocycles. The van der Waals surface area contributed by atoms with Crippen LogP contribution in [0.15, 0.2) is 71.7 Å². The maximum absolute atomic E-state index is 13.5. The number of aromatic nitrogens is 2. The van der Waals surface area contributed by atoms with Crippen LogP contribution in [0.2, 0.25) is 5.02 Å². The monoisotopic (exact) mass is 830 g/mol. The molecule has 4 aliphatic heterocycles. The van der Waals surface area contributed by atoms with E-state index < -0.39 is 11.9 Å². The molecular formula is C46H51ClN8O5. The molecule has 0 radical (unpaired) electrons. The van der Waals surface area contributed by atoms with Gasteiger partial charge in [-0.3, -0.25) is 29.4 Å². The fourth-order valence-electron chi connectivity index (χ4n) is 11.1. The third-order valence-corrected chi connectivity index (χ3v) is 14.3. The number of carbonyl (C=O) groups is 3. The Morgan fingerprint density at radius 3 is 2.35 bits per heavy atom. The fraction of sp³-hybridized carbons (Fsp3) is 0.478. The minimum Gasteiger partial charge on any atom is -0.489 e. The van der Waals surface area contributed by atoms with Gasteiger partial charge in [-0.15, -0.1) is 0 Å². The average molecular weight is 831 g/mol. The van der Waals surface area contributed by atoms with E-state index in [2.05, 4.69) is 76.3 Å². The van der Waals surface area contributed by atoms with Gasteiger partial charge in [-0.25, -0.2) is 4.68 Å². The number of carbonyl (C=O) groups excluding carboxylic acids is 3. The summed E-state index contributed by atoms with van der Waals surface area (Å²) in [4.78, 5) is 58.4. The first-order chi connectivity index (χ1) is 28.7. The Balaban J connectivity index is 0.750. The smallest absolute Gasteiger partial charge is 0.275 e. The molecule has 4 aromatic rings. The number of amides is 3.